The first-order valence-electron chi connectivity index (χ1n) is 5.82. The summed E-state index contributed by atoms with van der Waals surface area (Å²) in [5.41, 5.74) is 1.11. The van der Waals surface area contributed by atoms with E-state index in [1.807, 2.05) is 12.1 Å². The van der Waals surface area contributed by atoms with Crippen LogP contribution >= 0.6 is 0 Å². The van der Waals surface area contributed by atoms with Gasteiger partial charge in [0.2, 0.25) is 0 Å². The van der Waals surface area contributed by atoms with Gasteiger partial charge in [0.25, 0.3) is 0 Å². The van der Waals surface area contributed by atoms with E-state index < -0.39 is 9.84 Å². The molecule has 0 unspecified atom stereocenters. The van der Waals surface area contributed by atoms with Crippen molar-refractivity contribution in [2.75, 3.05) is 23.7 Å². The lowest BCUT2D eigenvalue weighted by Crippen LogP contribution is -2.17. The molecule has 1 aromatic carbocycles. The number of hydrogen-bond donors (Lipinski definition) is 0. The van der Waals surface area contributed by atoms with E-state index in [2.05, 4.69) is 11.5 Å². The molecule has 0 aromatic heterocycles. The Balaban J connectivity index is 2.20. The largest absolute Gasteiger partial charge is 0.372 e. The third-order valence-corrected chi connectivity index (χ3v) is 4.67. The SMILES string of the molecule is C=CCS(=O)(=O)c1ccc(N2CCCC2)cc1. The lowest BCUT2D eigenvalue weighted by Gasteiger charge is -2.17. The number of hydrogen-bond acceptors (Lipinski definition) is 3. The second-order valence-corrected chi connectivity index (χ2v) is 6.29. The third kappa shape index (κ3) is 2.69. The van der Waals surface area contributed by atoms with Gasteiger partial charge in [-0.15, -0.1) is 6.58 Å². The van der Waals surface area contributed by atoms with Crippen molar-refractivity contribution in [2.45, 2.75) is 17.7 Å². The highest BCUT2D eigenvalue weighted by Gasteiger charge is 2.15. The van der Waals surface area contributed by atoms with Gasteiger partial charge >= 0.3 is 0 Å². The molecule has 0 bridgehead atoms. The van der Waals surface area contributed by atoms with Crippen molar-refractivity contribution in [3.63, 3.8) is 0 Å². The summed E-state index contributed by atoms with van der Waals surface area (Å²) in [5.74, 6) is -0.00391. The molecule has 0 aliphatic carbocycles. The van der Waals surface area contributed by atoms with Gasteiger partial charge < -0.3 is 4.90 Å². The lowest BCUT2D eigenvalue weighted by atomic mass is 10.3. The fourth-order valence-corrected chi connectivity index (χ4v) is 3.14. The Hall–Kier alpha value is -1.29. The quantitative estimate of drug-likeness (QED) is 0.770. The Bertz CT molecular complexity index is 485. The van der Waals surface area contributed by atoms with Crippen molar-refractivity contribution in [3.05, 3.63) is 36.9 Å². The Kier molecular flexibility index (Phi) is 3.52. The van der Waals surface area contributed by atoms with Gasteiger partial charge in [0.1, 0.15) is 0 Å². The number of nitrogens with zero attached hydrogens (tertiary/aromatic N) is 1. The van der Waals surface area contributed by atoms with Gasteiger partial charge in [-0.3, -0.25) is 0 Å². The highest BCUT2D eigenvalue weighted by molar-refractivity contribution is 7.91. The molecule has 1 aliphatic heterocycles. The molecule has 1 aliphatic rings. The van der Waals surface area contributed by atoms with Gasteiger partial charge in [0.05, 0.1) is 10.6 Å². The molecule has 17 heavy (non-hydrogen) atoms. The van der Waals surface area contributed by atoms with E-state index in [-0.39, 0.29) is 5.75 Å². The summed E-state index contributed by atoms with van der Waals surface area (Å²) in [4.78, 5) is 2.66. The number of sulfone groups is 1. The van der Waals surface area contributed by atoms with Crippen LogP contribution in [0.15, 0.2) is 41.8 Å². The first kappa shape index (κ1) is 12.2. The van der Waals surface area contributed by atoms with Crippen LogP contribution in [0.25, 0.3) is 0 Å². The smallest absolute Gasteiger partial charge is 0.181 e. The first-order valence-corrected chi connectivity index (χ1v) is 7.47. The third-order valence-electron chi connectivity index (χ3n) is 3.00. The number of anilines is 1. The van der Waals surface area contributed by atoms with Crippen molar-refractivity contribution >= 4 is 15.5 Å². The zero-order valence-electron chi connectivity index (χ0n) is 9.80. The minimum atomic E-state index is -3.19. The fraction of sp³-hybridized carbons (Fsp3) is 0.385. The average Bonchev–Trinajstić information content (AvgIpc) is 2.82. The van der Waals surface area contributed by atoms with E-state index in [1.54, 1.807) is 12.1 Å². The topological polar surface area (TPSA) is 37.4 Å². The molecular formula is C13H17NO2S. The van der Waals surface area contributed by atoms with Crippen LogP contribution in [0, 0.1) is 0 Å². The predicted octanol–water partition coefficient (Wildman–Crippen LogP) is 2.25. The van der Waals surface area contributed by atoms with Crippen molar-refractivity contribution in [2.24, 2.45) is 0 Å². The number of rotatable bonds is 4. The van der Waals surface area contributed by atoms with Crippen molar-refractivity contribution in [1.29, 1.82) is 0 Å². The van der Waals surface area contributed by atoms with Crippen LogP contribution in [0.5, 0.6) is 0 Å². The summed E-state index contributed by atoms with van der Waals surface area (Å²) >= 11 is 0. The van der Waals surface area contributed by atoms with E-state index in [9.17, 15) is 8.42 Å². The summed E-state index contributed by atoms with van der Waals surface area (Å²) in [7, 11) is -3.19. The molecule has 0 amide bonds. The minimum absolute atomic E-state index is 0.00391. The molecule has 3 nitrogen and oxygen atoms in total. The van der Waals surface area contributed by atoms with E-state index in [4.69, 9.17) is 0 Å². The Labute approximate surface area is 103 Å². The van der Waals surface area contributed by atoms with Crippen LogP contribution in [-0.4, -0.2) is 27.3 Å². The highest BCUT2D eigenvalue weighted by Crippen LogP contribution is 2.22. The normalized spacial score (nSPS) is 16.1. The molecule has 1 heterocycles. The van der Waals surface area contributed by atoms with E-state index >= 15 is 0 Å². The van der Waals surface area contributed by atoms with Crippen molar-refractivity contribution < 1.29 is 8.42 Å². The molecule has 0 radical (unpaired) electrons. The van der Waals surface area contributed by atoms with E-state index in [0.29, 0.717) is 4.90 Å². The van der Waals surface area contributed by atoms with Gasteiger partial charge in [0.15, 0.2) is 9.84 Å². The zero-order valence-corrected chi connectivity index (χ0v) is 10.6. The van der Waals surface area contributed by atoms with E-state index in [0.717, 1.165) is 18.8 Å². The minimum Gasteiger partial charge on any atom is -0.372 e. The maximum Gasteiger partial charge on any atom is 0.181 e. The van der Waals surface area contributed by atoms with Gasteiger partial charge in [-0.05, 0) is 37.1 Å². The van der Waals surface area contributed by atoms with Crippen molar-refractivity contribution in [1.82, 2.24) is 0 Å². The Morgan fingerprint density at radius 2 is 1.76 bits per heavy atom. The second kappa shape index (κ2) is 4.92. The van der Waals surface area contributed by atoms with Crippen LogP contribution in [0.2, 0.25) is 0 Å². The zero-order chi connectivity index (χ0) is 12.3. The Morgan fingerprint density at radius 3 is 2.29 bits per heavy atom. The molecule has 1 saturated heterocycles. The summed E-state index contributed by atoms with van der Waals surface area (Å²) in [6, 6.07) is 7.15. The molecule has 0 spiro atoms. The molecule has 92 valence electrons. The van der Waals surface area contributed by atoms with Crippen LogP contribution in [0.3, 0.4) is 0 Å². The van der Waals surface area contributed by atoms with E-state index in [1.165, 1.54) is 18.9 Å². The summed E-state index contributed by atoms with van der Waals surface area (Å²) in [6.07, 6.45) is 3.86. The lowest BCUT2D eigenvalue weighted by molar-refractivity contribution is 0.599. The Morgan fingerprint density at radius 1 is 1.18 bits per heavy atom. The average molecular weight is 251 g/mol. The summed E-state index contributed by atoms with van der Waals surface area (Å²) in [5, 5.41) is 0. The molecule has 0 N–H and O–H groups in total. The van der Waals surface area contributed by atoms with Crippen LogP contribution < -0.4 is 4.90 Å². The monoisotopic (exact) mass is 251 g/mol. The van der Waals surface area contributed by atoms with Gasteiger partial charge in [0, 0.05) is 18.8 Å². The summed E-state index contributed by atoms with van der Waals surface area (Å²) in [6.45, 7) is 5.60. The van der Waals surface area contributed by atoms with Gasteiger partial charge in [-0.25, -0.2) is 8.42 Å². The molecular weight excluding hydrogens is 234 g/mol. The first-order chi connectivity index (χ1) is 8.13. The molecule has 0 atom stereocenters. The number of benzene rings is 1. The van der Waals surface area contributed by atoms with Crippen LogP contribution in [0.1, 0.15) is 12.8 Å². The maximum atomic E-state index is 11.8. The molecule has 0 saturated carbocycles. The molecule has 1 fully saturated rings. The second-order valence-electron chi connectivity index (χ2n) is 4.26. The molecule has 4 heteroatoms. The molecule has 2 rings (SSSR count). The van der Waals surface area contributed by atoms with Gasteiger partial charge in [-0.2, -0.15) is 0 Å². The van der Waals surface area contributed by atoms with Crippen LogP contribution in [-0.2, 0) is 9.84 Å². The highest BCUT2D eigenvalue weighted by atomic mass is 32.2. The maximum absolute atomic E-state index is 11.8. The summed E-state index contributed by atoms with van der Waals surface area (Å²) < 4.78 is 23.6. The van der Waals surface area contributed by atoms with Crippen LogP contribution in [0.4, 0.5) is 5.69 Å². The van der Waals surface area contributed by atoms with Crippen molar-refractivity contribution in [3.8, 4) is 0 Å². The standard InChI is InChI=1S/C13H17NO2S/c1-2-11-17(15,16)13-7-5-12(6-8-13)14-9-3-4-10-14/h2,5-8H,1,3-4,9-11H2. The molecule has 1 aromatic rings. The predicted molar refractivity (Wildman–Crippen MR) is 70.1 cm³/mol. The van der Waals surface area contributed by atoms with Gasteiger partial charge in [-0.1, -0.05) is 6.08 Å². The fourth-order valence-electron chi connectivity index (χ4n) is 2.09.